The summed E-state index contributed by atoms with van der Waals surface area (Å²) in [4.78, 5) is 31.3. The van der Waals surface area contributed by atoms with Crippen LogP contribution in [-0.4, -0.2) is 76.2 Å². The maximum Gasteiger partial charge on any atom is 0.238 e. The van der Waals surface area contributed by atoms with Gasteiger partial charge in [-0.2, -0.15) is 0 Å². The van der Waals surface area contributed by atoms with Gasteiger partial charge in [0.15, 0.2) is 0 Å². The molecule has 2 aromatic carbocycles. The molecule has 0 unspecified atom stereocenters. The first-order chi connectivity index (χ1) is 16.5. The highest BCUT2D eigenvalue weighted by atomic mass is 16.5. The molecule has 2 heterocycles. The molecule has 34 heavy (non-hydrogen) atoms. The minimum absolute atomic E-state index is 0.130. The number of amides is 2. The Morgan fingerprint density at radius 3 is 2.09 bits per heavy atom. The maximum absolute atomic E-state index is 12.5. The van der Waals surface area contributed by atoms with Crippen molar-refractivity contribution < 1.29 is 14.3 Å². The van der Waals surface area contributed by atoms with E-state index in [-0.39, 0.29) is 24.9 Å². The SMILES string of the molecule is Cc1cc(N2CCCC2)ccc1NC(=O)CN(C)CC(=O)Nc1ccc(N2CCOCC2)cc1. The third-order valence-electron chi connectivity index (χ3n) is 6.31. The van der Waals surface area contributed by atoms with Crippen LogP contribution in [-0.2, 0) is 14.3 Å². The molecule has 4 rings (SSSR count). The van der Waals surface area contributed by atoms with Gasteiger partial charge in [0.2, 0.25) is 11.8 Å². The van der Waals surface area contributed by atoms with E-state index in [2.05, 4.69) is 32.6 Å². The average Bonchev–Trinajstić information content (AvgIpc) is 3.36. The fraction of sp³-hybridized carbons (Fsp3) is 0.462. The van der Waals surface area contributed by atoms with Crippen LogP contribution < -0.4 is 20.4 Å². The molecule has 0 aliphatic carbocycles. The highest BCUT2D eigenvalue weighted by Crippen LogP contribution is 2.25. The molecule has 0 bridgehead atoms. The van der Waals surface area contributed by atoms with Gasteiger partial charge >= 0.3 is 0 Å². The van der Waals surface area contributed by atoms with E-state index < -0.39 is 0 Å². The number of rotatable bonds is 8. The summed E-state index contributed by atoms with van der Waals surface area (Å²) in [6.07, 6.45) is 2.47. The first-order valence-electron chi connectivity index (χ1n) is 12.0. The molecule has 8 heteroatoms. The topological polar surface area (TPSA) is 77.2 Å². The molecule has 2 aromatic rings. The predicted molar refractivity (Wildman–Crippen MR) is 137 cm³/mol. The lowest BCUT2D eigenvalue weighted by molar-refractivity contribution is -0.119. The summed E-state index contributed by atoms with van der Waals surface area (Å²) in [5, 5.41) is 5.88. The first-order valence-corrected chi connectivity index (χ1v) is 12.0. The van der Waals surface area contributed by atoms with E-state index in [1.165, 1.54) is 18.5 Å². The van der Waals surface area contributed by atoms with Crippen LogP contribution in [0.25, 0.3) is 0 Å². The monoisotopic (exact) mass is 465 g/mol. The summed E-state index contributed by atoms with van der Waals surface area (Å²) in [6.45, 7) is 7.69. The Balaban J connectivity index is 1.22. The second kappa shape index (κ2) is 11.4. The lowest BCUT2D eigenvalue weighted by Crippen LogP contribution is -2.36. The number of nitrogens with one attached hydrogen (secondary N) is 2. The summed E-state index contributed by atoms with van der Waals surface area (Å²) in [7, 11) is 1.77. The molecular weight excluding hydrogens is 430 g/mol. The van der Waals surface area contributed by atoms with Gasteiger partial charge in [0.1, 0.15) is 0 Å². The van der Waals surface area contributed by atoms with Crippen molar-refractivity contribution in [1.82, 2.24) is 4.90 Å². The molecule has 2 amide bonds. The molecular formula is C26H35N5O3. The number of carbonyl (C=O) groups is 2. The van der Waals surface area contributed by atoms with Gasteiger partial charge in [-0.1, -0.05) is 0 Å². The van der Waals surface area contributed by atoms with E-state index in [9.17, 15) is 9.59 Å². The Morgan fingerprint density at radius 2 is 1.44 bits per heavy atom. The van der Waals surface area contributed by atoms with Crippen LogP contribution >= 0.6 is 0 Å². The summed E-state index contributed by atoms with van der Waals surface area (Å²) < 4.78 is 5.39. The number of morpholine rings is 1. The van der Waals surface area contributed by atoms with Gasteiger partial charge in [0.25, 0.3) is 0 Å². The molecule has 2 fully saturated rings. The summed E-state index contributed by atoms with van der Waals surface area (Å²) >= 11 is 0. The zero-order chi connectivity index (χ0) is 23.9. The predicted octanol–water partition coefficient (Wildman–Crippen LogP) is 2.94. The molecule has 8 nitrogen and oxygen atoms in total. The van der Waals surface area contributed by atoms with E-state index in [0.29, 0.717) is 0 Å². The number of aryl methyl sites for hydroxylation is 1. The average molecular weight is 466 g/mol. The van der Waals surface area contributed by atoms with Gasteiger partial charge in [-0.15, -0.1) is 0 Å². The third-order valence-corrected chi connectivity index (χ3v) is 6.31. The lowest BCUT2D eigenvalue weighted by Gasteiger charge is -2.28. The fourth-order valence-corrected chi connectivity index (χ4v) is 4.47. The number of hydrogen-bond acceptors (Lipinski definition) is 6. The second-order valence-corrected chi connectivity index (χ2v) is 9.11. The van der Waals surface area contributed by atoms with E-state index >= 15 is 0 Å². The van der Waals surface area contributed by atoms with E-state index in [1.54, 1.807) is 11.9 Å². The van der Waals surface area contributed by atoms with Crippen molar-refractivity contribution in [2.45, 2.75) is 19.8 Å². The molecule has 2 saturated heterocycles. The van der Waals surface area contributed by atoms with Crippen LogP contribution in [0.2, 0.25) is 0 Å². The van der Waals surface area contributed by atoms with E-state index in [1.807, 2.05) is 37.3 Å². The largest absolute Gasteiger partial charge is 0.378 e. The van der Waals surface area contributed by atoms with Gasteiger partial charge in [0.05, 0.1) is 26.3 Å². The summed E-state index contributed by atoms with van der Waals surface area (Å²) in [5.74, 6) is -0.289. The highest BCUT2D eigenvalue weighted by molar-refractivity contribution is 5.95. The zero-order valence-electron chi connectivity index (χ0n) is 20.2. The van der Waals surface area contributed by atoms with Crippen LogP contribution in [0.3, 0.4) is 0 Å². The number of anilines is 4. The van der Waals surface area contributed by atoms with Gasteiger partial charge < -0.3 is 25.2 Å². The van der Waals surface area contributed by atoms with E-state index in [0.717, 1.165) is 62.0 Å². The molecule has 182 valence electrons. The standard InChI is InChI=1S/C26H35N5O3/c1-20-17-23(30-11-3-4-12-30)9-10-24(20)28-26(33)19-29(2)18-25(32)27-21-5-7-22(8-6-21)31-13-15-34-16-14-31/h5-10,17H,3-4,11-16,18-19H2,1-2H3,(H,27,32)(H,28,33). The molecule has 0 aromatic heterocycles. The molecule has 0 saturated carbocycles. The van der Waals surface area contributed by atoms with Crippen molar-refractivity contribution in [2.24, 2.45) is 0 Å². The van der Waals surface area contributed by atoms with Gasteiger partial charge in [-0.3, -0.25) is 14.5 Å². The second-order valence-electron chi connectivity index (χ2n) is 9.11. The summed E-state index contributed by atoms with van der Waals surface area (Å²) in [5.41, 5.74) is 4.93. The van der Waals surface area contributed by atoms with E-state index in [4.69, 9.17) is 4.74 Å². The molecule has 2 N–H and O–H groups in total. The first kappa shape index (κ1) is 24.0. The third kappa shape index (κ3) is 6.48. The number of benzene rings is 2. The highest BCUT2D eigenvalue weighted by Gasteiger charge is 2.16. The fourth-order valence-electron chi connectivity index (χ4n) is 4.47. The van der Waals surface area contributed by atoms with Gasteiger partial charge in [-0.05, 0) is 74.8 Å². The number of carbonyl (C=O) groups excluding carboxylic acids is 2. The Kier molecular flexibility index (Phi) is 8.03. The van der Waals surface area contributed by atoms with Crippen LogP contribution in [0, 0.1) is 6.92 Å². The Morgan fingerprint density at radius 1 is 0.853 bits per heavy atom. The van der Waals surface area contributed by atoms with Gasteiger partial charge in [-0.25, -0.2) is 0 Å². The Bertz CT molecular complexity index is 982. The van der Waals surface area contributed by atoms with Crippen molar-refractivity contribution in [3.63, 3.8) is 0 Å². The Hall–Kier alpha value is -3.10. The molecule has 2 aliphatic heterocycles. The van der Waals surface area contributed by atoms with Crippen molar-refractivity contribution >= 4 is 34.6 Å². The van der Waals surface area contributed by atoms with Crippen LogP contribution in [0.1, 0.15) is 18.4 Å². The quantitative estimate of drug-likeness (QED) is 0.624. The summed E-state index contributed by atoms with van der Waals surface area (Å²) in [6, 6.07) is 14.0. The van der Waals surface area contributed by atoms with Crippen molar-refractivity contribution in [2.75, 3.05) is 80.0 Å². The van der Waals surface area contributed by atoms with Crippen molar-refractivity contribution in [3.8, 4) is 0 Å². The van der Waals surface area contributed by atoms with Crippen molar-refractivity contribution in [1.29, 1.82) is 0 Å². The van der Waals surface area contributed by atoms with Crippen LogP contribution in [0.15, 0.2) is 42.5 Å². The molecule has 0 radical (unpaired) electrons. The molecule has 0 atom stereocenters. The smallest absolute Gasteiger partial charge is 0.238 e. The van der Waals surface area contributed by atoms with Crippen LogP contribution in [0.4, 0.5) is 22.7 Å². The number of ether oxygens (including phenoxy) is 1. The lowest BCUT2D eigenvalue weighted by atomic mass is 10.1. The molecule has 2 aliphatic rings. The van der Waals surface area contributed by atoms with Crippen molar-refractivity contribution in [3.05, 3.63) is 48.0 Å². The number of nitrogens with zero attached hydrogens (tertiary/aromatic N) is 3. The minimum atomic E-state index is -0.152. The minimum Gasteiger partial charge on any atom is -0.378 e. The normalized spacial score (nSPS) is 16.1. The van der Waals surface area contributed by atoms with Gasteiger partial charge in [0, 0.05) is 48.9 Å². The van der Waals surface area contributed by atoms with Crippen LogP contribution in [0.5, 0.6) is 0 Å². The Labute approximate surface area is 201 Å². The number of hydrogen-bond donors (Lipinski definition) is 2. The maximum atomic E-state index is 12.5. The molecule has 0 spiro atoms. The number of likely N-dealkylation sites (N-methyl/N-ethyl adjacent to an activating group) is 1. The zero-order valence-corrected chi connectivity index (χ0v) is 20.2.